The fourth-order valence-electron chi connectivity index (χ4n) is 4.78. The van der Waals surface area contributed by atoms with Crippen molar-refractivity contribution >= 4 is 29.0 Å². The molecular weight excluding hydrogens is 388 g/mol. The molecule has 1 saturated heterocycles. The van der Waals surface area contributed by atoms with Crippen LogP contribution in [0.25, 0.3) is 0 Å². The zero-order valence-corrected chi connectivity index (χ0v) is 18.5. The number of nitrogens with one attached hydrogen (secondary N) is 1. The van der Waals surface area contributed by atoms with Crippen molar-refractivity contribution in [2.45, 2.75) is 45.6 Å². The van der Waals surface area contributed by atoms with Gasteiger partial charge in [-0.2, -0.15) is 0 Å². The van der Waals surface area contributed by atoms with Crippen LogP contribution in [0.15, 0.2) is 48.5 Å². The lowest BCUT2D eigenvalue weighted by atomic mass is 10.0. The molecule has 0 unspecified atom stereocenters. The van der Waals surface area contributed by atoms with Crippen LogP contribution in [0.4, 0.5) is 21.9 Å². The maximum Gasteiger partial charge on any atom is 0.326 e. The van der Waals surface area contributed by atoms with E-state index in [0.29, 0.717) is 6.54 Å². The van der Waals surface area contributed by atoms with Crippen LogP contribution in [0.3, 0.4) is 0 Å². The zero-order valence-electron chi connectivity index (χ0n) is 18.5. The molecule has 2 heterocycles. The van der Waals surface area contributed by atoms with Gasteiger partial charge in [0.2, 0.25) is 5.91 Å². The Morgan fingerprint density at radius 3 is 2.48 bits per heavy atom. The van der Waals surface area contributed by atoms with Crippen LogP contribution in [0.2, 0.25) is 0 Å². The van der Waals surface area contributed by atoms with Crippen LogP contribution >= 0.6 is 0 Å². The number of rotatable bonds is 5. The lowest BCUT2D eigenvalue weighted by molar-refractivity contribution is -0.116. The quantitative estimate of drug-likeness (QED) is 0.774. The summed E-state index contributed by atoms with van der Waals surface area (Å²) in [5, 5.41) is 3.08. The van der Waals surface area contributed by atoms with Gasteiger partial charge in [0.1, 0.15) is 0 Å². The summed E-state index contributed by atoms with van der Waals surface area (Å²) in [6.45, 7) is 7.66. The molecule has 0 radical (unpaired) electrons. The maximum absolute atomic E-state index is 13.4. The second kappa shape index (κ2) is 9.52. The molecule has 2 aromatic carbocycles. The molecule has 31 heavy (non-hydrogen) atoms. The van der Waals surface area contributed by atoms with Crippen molar-refractivity contribution in [2.75, 3.05) is 41.3 Å². The van der Waals surface area contributed by atoms with Crippen molar-refractivity contribution < 1.29 is 9.59 Å². The van der Waals surface area contributed by atoms with E-state index in [4.69, 9.17) is 0 Å². The normalized spacial score (nSPS) is 16.8. The Morgan fingerprint density at radius 1 is 1.06 bits per heavy atom. The molecule has 2 aromatic rings. The fraction of sp³-hybridized carbons (Fsp3) is 0.440. The molecule has 0 spiro atoms. The Bertz CT molecular complexity index is 922. The Morgan fingerprint density at radius 2 is 1.81 bits per heavy atom. The molecule has 6 heteroatoms. The molecule has 6 nitrogen and oxygen atoms in total. The molecule has 164 valence electrons. The van der Waals surface area contributed by atoms with Gasteiger partial charge in [-0.05, 0) is 68.1 Å². The Labute approximate surface area is 184 Å². The van der Waals surface area contributed by atoms with Crippen molar-refractivity contribution in [3.8, 4) is 0 Å². The molecule has 1 fully saturated rings. The number of carbonyl (C=O) groups excluding carboxylic acids is 2. The van der Waals surface area contributed by atoms with Gasteiger partial charge in [0.15, 0.2) is 0 Å². The summed E-state index contributed by atoms with van der Waals surface area (Å²) in [6.07, 6.45) is 3.89. The number of para-hydroxylation sites is 1. The minimum Gasteiger partial charge on any atom is -0.312 e. The van der Waals surface area contributed by atoms with Crippen molar-refractivity contribution in [1.29, 1.82) is 0 Å². The monoisotopic (exact) mass is 420 g/mol. The average Bonchev–Trinajstić information content (AvgIpc) is 3.20. The van der Waals surface area contributed by atoms with E-state index >= 15 is 0 Å². The van der Waals surface area contributed by atoms with E-state index in [2.05, 4.69) is 23.2 Å². The number of hydrogen-bond acceptors (Lipinski definition) is 3. The molecule has 0 bridgehead atoms. The van der Waals surface area contributed by atoms with Crippen LogP contribution < -0.4 is 15.1 Å². The molecule has 3 amide bonds. The minimum absolute atomic E-state index is 0.0634. The first kappa shape index (κ1) is 21.4. The van der Waals surface area contributed by atoms with Crippen molar-refractivity contribution in [3.63, 3.8) is 0 Å². The number of fused-ring (bicyclic) bond motifs is 1. The smallest absolute Gasteiger partial charge is 0.312 e. The Balaban J connectivity index is 1.60. The van der Waals surface area contributed by atoms with Gasteiger partial charge in [-0.3, -0.25) is 9.69 Å². The first-order chi connectivity index (χ1) is 15.1. The summed E-state index contributed by atoms with van der Waals surface area (Å²) in [4.78, 5) is 31.6. The van der Waals surface area contributed by atoms with Gasteiger partial charge in [-0.1, -0.05) is 25.1 Å². The minimum atomic E-state index is -0.0958. The van der Waals surface area contributed by atoms with Crippen molar-refractivity contribution in [2.24, 2.45) is 0 Å². The number of hydrogen-bond donors (Lipinski definition) is 1. The number of urea groups is 1. The highest BCUT2D eigenvalue weighted by molar-refractivity contribution is 6.03. The van der Waals surface area contributed by atoms with E-state index in [-0.39, 0.29) is 18.0 Å². The van der Waals surface area contributed by atoms with Gasteiger partial charge in [0, 0.05) is 49.7 Å². The lowest BCUT2D eigenvalue weighted by Gasteiger charge is -2.38. The number of anilines is 3. The van der Waals surface area contributed by atoms with E-state index in [1.165, 1.54) is 0 Å². The van der Waals surface area contributed by atoms with Gasteiger partial charge in [-0.25, -0.2) is 4.79 Å². The van der Waals surface area contributed by atoms with Crippen molar-refractivity contribution in [3.05, 3.63) is 54.1 Å². The number of likely N-dealkylation sites (tertiary alicyclic amines) is 1. The van der Waals surface area contributed by atoms with Gasteiger partial charge in [0.25, 0.3) is 0 Å². The third kappa shape index (κ3) is 4.74. The van der Waals surface area contributed by atoms with Crippen molar-refractivity contribution in [1.82, 2.24) is 4.90 Å². The maximum atomic E-state index is 13.4. The van der Waals surface area contributed by atoms with Gasteiger partial charge < -0.3 is 15.1 Å². The summed E-state index contributed by atoms with van der Waals surface area (Å²) >= 11 is 0. The molecule has 0 atom stereocenters. The van der Waals surface area contributed by atoms with E-state index in [0.717, 1.165) is 67.9 Å². The second-order valence-electron chi connectivity index (χ2n) is 8.47. The van der Waals surface area contributed by atoms with Crippen LogP contribution in [0.1, 0.15) is 38.7 Å². The number of piperidine rings is 1. The Hall–Kier alpha value is -2.86. The van der Waals surface area contributed by atoms with E-state index in [1.807, 2.05) is 52.3 Å². The average molecular weight is 421 g/mol. The standard InChI is InChI=1S/C25H32N4O2/c1-3-14-27-15-12-22(13-16-27)29(25(31)26-21-7-5-4-6-8-21)23-9-10-24-20(18-23)11-17-28(24)19(2)30/h4-10,18,22H,3,11-17H2,1-2H3,(H,26,31). The van der Waals surface area contributed by atoms with E-state index in [1.54, 1.807) is 6.92 Å². The van der Waals surface area contributed by atoms with Crippen LogP contribution in [-0.4, -0.2) is 49.1 Å². The fourth-order valence-corrected chi connectivity index (χ4v) is 4.78. The number of carbonyl (C=O) groups is 2. The Kier molecular flexibility index (Phi) is 6.56. The highest BCUT2D eigenvalue weighted by atomic mass is 16.2. The van der Waals surface area contributed by atoms with Gasteiger partial charge in [-0.15, -0.1) is 0 Å². The first-order valence-electron chi connectivity index (χ1n) is 11.4. The van der Waals surface area contributed by atoms with Crippen LogP contribution in [0, 0.1) is 0 Å². The van der Waals surface area contributed by atoms with E-state index in [9.17, 15) is 9.59 Å². The number of nitrogens with zero attached hydrogens (tertiary/aromatic N) is 3. The number of amides is 3. The predicted molar refractivity (Wildman–Crippen MR) is 126 cm³/mol. The summed E-state index contributed by atoms with van der Waals surface area (Å²) in [6, 6.07) is 15.8. The third-order valence-electron chi connectivity index (χ3n) is 6.32. The third-order valence-corrected chi connectivity index (χ3v) is 6.32. The van der Waals surface area contributed by atoms with Gasteiger partial charge >= 0.3 is 6.03 Å². The predicted octanol–water partition coefficient (Wildman–Crippen LogP) is 4.51. The van der Waals surface area contributed by atoms with Gasteiger partial charge in [0.05, 0.1) is 0 Å². The highest BCUT2D eigenvalue weighted by Crippen LogP contribution is 2.34. The molecule has 0 aromatic heterocycles. The molecule has 0 saturated carbocycles. The lowest BCUT2D eigenvalue weighted by Crippen LogP contribution is -2.49. The van der Waals surface area contributed by atoms with E-state index < -0.39 is 0 Å². The summed E-state index contributed by atoms with van der Waals surface area (Å²) in [7, 11) is 0. The highest BCUT2D eigenvalue weighted by Gasteiger charge is 2.31. The van der Waals surface area contributed by atoms with Crippen LogP contribution in [0.5, 0.6) is 0 Å². The first-order valence-corrected chi connectivity index (χ1v) is 11.4. The summed E-state index contributed by atoms with van der Waals surface area (Å²) in [5.41, 5.74) is 3.81. The topological polar surface area (TPSA) is 55.9 Å². The largest absolute Gasteiger partial charge is 0.326 e. The second-order valence-corrected chi connectivity index (χ2v) is 8.47. The summed E-state index contributed by atoms with van der Waals surface area (Å²) in [5.74, 6) is 0.0634. The number of benzene rings is 2. The van der Waals surface area contributed by atoms with Crippen LogP contribution in [-0.2, 0) is 11.2 Å². The SMILES string of the molecule is CCCN1CCC(N(C(=O)Nc2ccccc2)c2ccc3c(c2)CCN3C(C)=O)CC1. The molecule has 0 aliphatic carbocycles. The molecule has 2 aliphatic rings. The molecular formula is C25H32N4O2. The molecule has 2 aliphatic heterocycles. The molecule has 1 N–H and O–H groups in total. The molecule has 4 rings (SSSR count). The zero-order chi connectivity index (χ0) is 21.8. The summed E-state index contributed by atoms with van der Waals surface area (Å²) < 4.78 is 0.